The van der Waals surface area contributed by atoms with E-state index in [0.717, 1.165) is 11.4 Å². The van der Waals surface area contributed by atoms with Crippen molar-refractivity contribution in [3.63, 3.8) is 0 Å². The quantitative estimate of drug-likeness (QED) is 0.352. The molecule has 0 saturated carbocycles. The van der Waals surface area contributed by atoms with Crippen LogP contribution in [0.15, 0.2) is 54.6 Å². The van der Waals surface area contributed by atoms with Gasteiger partial charge < -0.3 is 15.4 Å². The van der Waals surface area contributed by atoms with E-state index in [-0.39, 0.29) is 41.9 Å². The van der Waals surface area contributed by atoms with Crippen LogP contribution in [0.5, 0.6) is 5.75 Å². The molecule has 1 aromatic heterocycles. The lowest BCUT2D eigenvalue weighted by Crippen LogP contribution is -2.71. The van der Waals surface area contributed by atoms with Crippen LogP contribution in [-0.2, 0) is 10.2 Å². The van der Waals surface area contributed by atoms with Gasteiger partial charge in [-0.3, -0.25) is 20.7 Å². The first-order valence-corrected chi connectivity index (χ1v) is 12.6. The number of anilines is 2. The van der Waals surface area contributed by atoms with Crippen LogP contribution in [0.25, 0.3) is 5.69 Å². The topological polar surface area (TPSA) is 121 Å². The number of para-hydroxylation sites is 1. The van der Waals surface area contributed by atoms with E-state index in [0.29, 0.717) is 24.5 Å². The van der Waals surface area contributed by atoms with Gasteiger partial charge in [0.15, 0.2) is 0 Å². The molecule has 10 nitrogen and oxygen atoms in total. The number of rotatable bonds is 5. The zero-order chi connectivity index (χ0) is 26.9. The van der Waals surface area contributed by atoms with E-state index in [9.17, 15) is 14.0 Å². The van der Waals surface area contributed by atoms with Gasteiger partial charge in [-0.05, 0) is 30.7 Å². The van der Waals surface area contributed by atoms with E-state index >= 15 is 0 Å². The molecule has 0 bridgehead atoms. The molecule has 3 atom stereocenters. The number of aromatic nitrogens is 2. The third-order valence-corrected chi connectivity index (χ3v) is 6.56. The highest BCUT2D eigenvalue weighted by atomic mass is 19.1. The molecule has 3 heterocycles. The molecule has 2 aliphatic heterocycles. The van der Waals surface area contributed by atoms with E-state index < -0.39 is 11.8 Å². The number of benzene rings is 2. The summed E-state index contributed by atoms with van der Waals surface area (Å²) in [6.07, 6.45) is 0.200. The van der Waals surface area contributed by atoms with Crippen molar-refractivity contribution in [1.29, 1.82) is 0 Å². The molecule has 200 valence electrons. The third-order valence-electron chi connectivity index (χ3n) is 6.56. The van der Waals surface area contributed by atoms with Gasteiger partial charge in [0, 0.05) is 24.1 Å². The van der Waals surface area contributed by atoms with Gasteiger partial charge in [0.25, 0.3) is 0 Å². The molecule has 0 radical (unpaired) electrons. The number of piperidine rings is 1. The molecule has 3 amide bonds. The lowest BCUT2D eigenvalue weighted by atomic mass is 9.92. The van der Waals surface area contributed by atoms with E-state index in [2.05, 4.69) is 31.7 Å². The lowest BCUT2D eigenvalue weighted by molar-refractivity contribution is -0.124. The van der Waals surface area contributed by atoms with Gasteiger partial charge in [0.1, 0.15) is 23.5 Å². The smallest absolute Gasteiger partial charge is 0.324 e. The summed E-state index contributed by atoms with van der Waals surface area (Å²) in [5.41, 5.74) is 1.37. The van der Waals surface area contributed by atoms with Crippen LogP contribution < -0.4 is 31.3 Å². The summed E-state index contributed by atoms with van der Waals surface area (Å²) in [5, 5.41) is 19.4. The lowest BCUT2D eigenvalue weighted by Gasteiger charge is -2.42. The van der Waals surface area contributed by atoms with Crippen molar-refractivity contribution in [2.24, 2.45) is 0 Å². The fraction of sp³-hybridized carbons (Fsp3) is 0.370. The molecule has 3 unspecified atom stereocenters. The summed E-state index contributed by atoms with van der Waals surface area (Å²) in [4.78, 5) is 24.5. The Bertz CT molecular complexity index is 1320. The number of halogens is 1. The Morgan fingerprint density at radius 1 is 1.11 bits per heavy atom. The normalized spacial score (nSPS) is 21.3. The van der Waals surface area contributed by atoms with Gasteiger partial charge in [0.2, 0.25) is 5.91 Å². The Labute approximate surface area is 220 Å². The number of piperazine rings is 1. The molecule has 2 fully saturated rings. The van der Waals surface area contributed by atoms with Crippen LogP contribution in [0, 0.1) is 5.82 Å². The second-order valence-electron chi connectivity index (χ2n) is 10.5. The molecule has 0 spiro atoms. The van der Waals surface area contributed by atoms with Crippen molar-refractivity contribution in [2.75, 3.05) is 23.7 Å². The van der Waals surface area contributed by atoms with Crippen molar-refractivity contribution < 1.29 is 18.7 Å². The SMILES string of the molecule is CC(C)(C)c1cc(NC(=O)Nc2ccc(OC3CCNC4NC(=O)CNC43)cc2F)n(-c2ccccc2)n1. The zero-order valence-corrected chi connectivity index (χ0v) is 21.5. The number of hydrogen-bond acceptors (Lipinski definition) is 6. The summed E-state index contributed by atoms with van der Waals surface area (Å²) >= 11 is 0. The zero-order valence-electron chi connectivity index (χ0n) is 21.5. The van der Waals surface area contributed by atoms with Gasteiger partial charge in [-0.2, -0.15) is 5.10 Å². The van der Waals surface area contributed by atoms with Gasteiger partial charge in [-0.25, -0.2) is 13.9 Å². The maximum Gasteiger partial charge on any atom is 0.324 e. The highest BCUT2D eigenvalue weighted by Crippen LogP contribution is 2.27. The molecule has 11 heteroatoms. The first-order valence-electron chi connectivity index (χ1n) is 12.6. The summed E-state index contributed by atoms with van der Waals surface area (Å²) in [6, 6.07) is 14.9. The molecular formula is C27H32FN7O3. The fourth-order valence-electron chi connectivity index (χ4n) is 4.58. The second kappa shape index (κ2) is 10.4. The average Bonchev–Trinajstić information content (AvgIpc) is 3.30. The summed E-state index contributed by atoms with van der Waals surface area (Å²) in [7, 11) is 0. The fourth-order valence-corrected chi connectivity index (χ4v) is 4.58. The van der Waals surface area contributed by atoms with Crippen LogP contribution in [0.2, 0.25) is 0 Å². The summed E-state index contributed by atoms with van der Waals surface area (Å²) < 4.78 is 22.7. The van der Waals surface area contributed by atoms with Crippen LogP contribution in [-0.4, -0.2) is 53.1 Å². The standard InChI is InChI=1S/C27H32FN7O3/c1-27(2,3)21-14-22(35(34-21)16-7-5-4-6-8-16)32-26(37)31-19-10-9-17(13-18(19)28)38-20-11-12-29-25-24(20)30-15-23(36)33-25/h4-10,13-14,20,24-25,29-30H,11-12,15H2,1-3H3,(H,33,36)(H2,31,32,37). The van der Waals surface area contributed by atoms with E-state index in [1.165, 1.54) is 12.1 Å². The van der Waals surface area contributed by atoms with Gasteiger partial charge in [-0.15, -0.1) is 0 Å². The Morgan fingerprint density at radius 2 is 1.89 bits per heavy atom. The predicted molar refractivity (Wildman–Crippen MR) is 142 cm³/mol. The Kier molecular flexibility index (Phi) is 7.04. The number of nitrogens with one attached hydrogen (secondary N) is 5. The molecule has 0 aliphatic carbocycles. The molecular weight excluding hydrogens is 489 g/mol. The average molecular weight is 522 g/mol. The van der Waals surface area contributed by atoms with Crippen LogP contribution in [0.3, 0.4) is 0 Å². The number of urea groups is 1. The first kappa shape index (κ1) is 25.7. The molecule has 2 saturated heterocycles. The molecule has 2 aliphatic rings. The minimum absolute atomic E-state index is 0.0166. The van der Waals surface area contributed by atoms with Crippen LogP contribution >= 0.6 is 0 Å². The minimum Gasteiger partial charge on any atom is -0.489 e. The van der Waals surface area contributed by atoms with Crippen molar-refractivity contribution >= 4 is 23.4 Å². The molecule has 2 aromatic carbocycles. The van der Waals surface area contributed by atoms with Crippen molar-refractivity contribution in [3.8, 4) is 11.4 Å². The maximum absolute atomic E-state index is 15.0. The largest absolute Gasteiger partial charge is 0.489 e. The Morgan fingerprint density at radius 3 is 2.63 bits per heavy atom. The number of fused-ring (bicyclic) bond motifs is 1. The molecule has 5 rings (SSSR count). The highest BCUT2D eigenvalue weighted by molar-refractivity contribution is 5.99. The van der Waals surface area contributed by atoms with E-state index in [1.807, 2.05) is 57.2 Å². The first-order chi connectivity index (χ1) is 18.2. The number of nitrogens with zero attached hydrogens (tertiary/aromatic N) is 2. The molecule has 5 N–H and O–H groups in total. The predicted octanol–water partition coefficient (Wildman–Crippen LogP) is 3.11. The summed E-state index contributed by atoms with van der Waals surface area (Å²) in [5.74, 6) is 0.0990. The number of ether oxygens (including phenoxy) is 1. The van der Waals surface area contributed by atoms with Gasteiger partial charge >= 0.3 is 6.03 Å². The van der Waals surface area contributed by atoms with Crippen molar-refractivity contribution in [2.45, 2.75) is 50.9 Å². The number of carbonyl (C=O) groups is 2. The van der Waals surface area contributed by atoms with Crippen LogP contribution in [0.4, 0.5) is 20.7 Å². The Balaban J connectivity index is 1.27. The highest BCUT2D eigenvalue weighted by Gasteiger charge is 2.38. The number of carbonyl (C=O) groups excluding carboxylic acids is 2. The van der Waals surface area contributed by atoms with Crippen molar-refractivity contribution in [1.82, 2.24) is 25.7 Å². The molecule has 3 aromatic rings. The molecule has 38 heavy (non-hydrogen) atoms. The third kappa shape index (κ3) is 5.63. The number of hydrogen-bond donors (Lipinski definition) is 5. The Hall–Kier alpha value is -3.96. The van der Waals surface area contributed by atoms with Crippen LogP contribution in [0.1, 0.15) is 32.9 Å². The van der Waals surface area contributed by atoms with Crippen molar-refractivity contribution in [3.05, 3.63) is 66.1 Å². The van der Waals surface area contributed by atoms with E-state index in [1.54, 1.807) is 10.7 Å². The second-order valence-corrected chi connectivity index (χ2v) is 10.5. The minimum atomic E-state index is -0.625. The van der Waals surface area contributed by atoms with E-state index in [4.69, 9.17) is 4.74 Å². The van der Waals surface area contributed by atoms with Gasteiger partial charge in [-0.1, -0.05) is 39.0 Å². The monoisotopic (exact) mass is 521 g/mol. The number of amides is 3. The summed E-state index contributed by atoms with van der Waals surface area (Å²) in [6.45, 7) is 6.98. The van der Waals surface area contributed by atoms with Gasteiger partial charge in [0.05, 0.1) is 35.8 Å². The maximum atomic E-state index is 15.0.